The highest BCUT2D eigenvalue weighted by Crippen LogP contribution is 2.27. The van der Waals surface area contributed by atoms with Crippen molar-refractivity contribution in [3.63, 3.8) is 0 Å². The van der Waals surface area contributed by atoms with Crippen LogP contribution in [-0.4, -0.2) is 178 Å². The average Bonchev–Trinajstić information content (AvgIpc) is 3.93. The standard InChI is InChI=1S/C60H92N8O11/c1-17-39(10)49-58(76)66(15)48(38(8)9)53(71)63-44(33-40-25-20-18-21-26-40)54(72)64(13)46(34-41-27-22-19-23-28-41)57(75)68-30-24-29-45(68)51(69)61-42(31-35(2)3)55(73)65(14)47(37(6)7)52(70)62-43(32-36(4)5)56(74)67(16)50(59(77)79-49)60(11,12)78/h18-23,25-28,35-39,42-50,78H,17,24,29-34H2,1-16H3,(H,61,69)(H,62,70)(H,63,71)/t39?,42-,43-,44-,45-,46-,47-,48-,49?,50+/m0/s1. The van der Waals surface area contributed by atoms with Crippen LogP contribution in [0.2, 0.25) is 0 Å². The van der Waals surface area contributed by atoms with Crippen molar-refractivity contribution in [2.24, 2.45) is 29.6 Å². The van der Waals surface area contributed by atoms with Crippen molar-refractivity contribution in [3.05, 3.63) is 71.8 Å². The Balaban J connectivity index is 1.97. The first-order chi connectivity index (χ1) is 36.9. The third-order valence-corrected chi connectivity index (χ3v) is 15.4. The molecule has 2 aromatic rings. The molecule has 8 amide bonds. The van der Waals surface area contributed by atoms with E-state index in [1.807, 2.05) is 64.1 Å². The molecule has 2 heterocycles. The number of hydrogen-bond donors (Lipinski definition) is 4. The van der Waals surface area contributed by atoms with E-state index in [-0.39, 0.29) is 50.5 Å². The Bertz CT molecular complexity index is 2430. The fraction of sp³-hybridized carbons (Fsp3) is 0.650. The van der Waals surface area contributed by atoms with Crippen molar-refractivity contribution < 1.29 is 53.0 Å². The lowest BCUT2D eigenvalue weighted by atomic mass is 9.94. The van der Waals surface area contributed by atoms with Crippen molar-refractivity contribution >= 4 is 53.2 Å². The van der Waals surface area contributed by atoms with Gasteiger partial charge in [-0.15, -0.1) is 0 Å². The molecule has 2 aliphatic rings. The number of fused-ring (bicyclic) bond motifs is 1. The first-order valence-electron chi connectivity index (χ1n) is 28.2. The Labute approximate surface area is 469 Å². The average molecular weight is 1100 g/mol. The number of aliphatic hydroxyl groups is 1. The van der Waals surface area contributed by atoms with Crippen LogP contribution in [0.5, 0.6) is 0 Å². The first-order valence-corrected chi connectivity index (χ1v) is 28.2. The van der Waals surface area contributed by atoms with Crippen LogP contribution in [-0.2, 0) is 60.7 Å². The molecule has 2 fully saturated rings. The van der Waals surface area contributed by atoms with Crippen LogP contribution >= 0.6 is 0 Å². The summed E-state index contributed by atoms with van der Waals surface area (Å²) in [4.78, 5) is 140. The second kappa shape index (κ2) is 28.7. The number of esters is 1. The van der Waals surface area contributed by atoms with E-state index in [9.17, 15) is 38.7 Å². The zero-order valence-electron chi connectivity index (χ0n) is 49.8. The number of rotatable bonds is 13. The van der Waals surface area contributed by atoms with Gasteiger partial charge in [-0.1, -0.05) is 130 Å². The number of nitrogens with one attached hydrogen (secondary N) is 3. The van der Waals surface area contributed by atoms with E-state index in [0.717, 1.165) is 10.5 Å². The number of amides is 8. The molecular weight excluding hydrogens is 1010 g/mol. The van der Waals surface area contributed by atoms with Gasteiger partial charge >= 0.3 is 5.97 Å². The monoisotopic (exact) mass is 1100 g/mol. The topological polar surface area (TPSA) is 235 Å². The number of ether oxygens (including phenoxy) is 1. The van der Waals surface area contributed by atoms with Crippen LogP contribution in [0.25, 0.3) is 0 Å². The van der Waals surface area contributed by atoms with Crippen LogP contribution in [0.15, 0.2) is 60.7 Å². The molecule has 2 unspecified atom stereocenters. The van der Waals surface area contributed by atoms with Gasteiger partial charge < -0.3 is 50.3 Å². The number of cyclic esters (lactones) is 1. The zero-order chi connectivity index (χ0) is 59.4. The third kappa shape index (κ3) is 16.8. The summed E-state index contributed by atoms with van der Waals surface area (Å²) in [6.07, 6.45) is -0.170. The lowest BCUT2D eigenvalue weighted by Gasteiger charge is -2.39. The third-order valence-electron chi connectivity index (χ3n) is 15.4. The smallest absolute Gasteiger partial charge is 0.332 e. The quantitative estimate of drug-likeness (QED) is 0.206. The Morgan fingerprint density at radius 1 is 0.570 bits per heavy atom. The van der Waals surface area contributed by atoms with E-state index >= 15 is 9.59 Å². The van der Waals surface area contributed by atoms with Gasteiger partial charge in [0.25, 0.3) is 5.91 Å². The summed E-state index contributed by atoms with van der Waals surface area (Å²) in [5.74, 6) is -8.31. The Hall–Kier alpha value is -6.37. The Morgan fingerprint density at radius 3 is 1.46 bits per heavy atom. The maximum atomic E-state index is 15.3. The lowest BCUT2D eigenvalue weighted by molar-refractivity contribution is -0.177. The first kappa shape index (κ1) is 65.2. The zero-order valence-corrected chi connectivity index (χ0v) is 49.8. The maximum absolute atomic E-state index is 15.3. The highest BCUT2D eigenvalue weighted by molar-refractivity contribution is 5.99. The molecule has 0 spiro atoms. The molecule has 19 heteroatoms. The van der Waals surface area contributed by atoms with E-state index in [2.05, 4.69) is 16.0 Å². The van der Waals surface area contributed by atoms with E-state index in [1.54, 1.807) is 65.8 Å². The molecule has 2 aliphatic heterocycles. The highest BCUT2D eigenvalue weighted by atomic mass is 16.6. The molecule has 438 valence electrons. The summed E-state index contributed by atoms with van der Waals surface area (Å²) in [5, 5.41) is 20.4. The Kier molecular flexibility index (Phi) is 23.6. The molecule has 0 aliphatic carbocycles. The molecule has 0 aromatic heterocycles. The summed E-state index contributed by atoms with van der Waals surface area (Å²) >= 11 is 0. The second-order valence-electron chi connectivity index (χ2n) is 24.0. The van der Waals surface area contributed by atoms with Gasteiger partial charge in [-0.25, -0.2) is 4.79 Å². The molecule has 4 N–H and O–H groups in total. The summed E-state index contributed by atoms with van der Waals surface area (Å²) in [5.41, 5.74) is -0.551. The van der Waals surface area contributed by atoms with Crippen LogP contribution in [0.1, 0.15) is 126 Å². The molecule has 19 nitrogen and oxygen atoms in total. The van der Waals surface area contributed by atoms with Crippen LogP contribution in [0.3, 0.4) is 0 Å². The maximum Gasteiger partial charge on any atom is 0.332 e. The molecule has 10 atom stereocenters. The summed E-state index contributed by atoms with van der Waals surface area (Å²) < 4.78 is 6.09. The van der Waals surface area contributed by atoms with Crippen LogP contribution in [0, 0.1) is 29.6 Å². The van der Waals surface area contributed by atoms with Crippen LogP contribution < -0.4 is 16.0 Å². The van der Waals surface area contributed by atoms with Crippen molar-refractivity contribution in [2.45, 2.75) is 188 Å². The van der Waals surface area contributed by atoms with Crippen LogP contribution in [0.4, 0.5) is 0 Å². The minimum absolute atomic E-state index is 0.00652. The number of likely N-dealkylation sites (N-methyl/N-ethyl adjacent to an activating group) is 4. The lowest BCUT2D eigenvalue weighted by Crippen LogP contribution is -2.62. The molecular formula is C60H92N8O11. The SMILES string of the molecule is CCC(C)C1OC(=O)[C@H](C(C)(C)O)N(C)C(=O)[C@H](CC(C)C)NC(=O)[C@H](C(C)C)N(C)C(=O)[C@H](CC(C)C)NC(=O)[C@@H]2CCCN2C(=O)[C@H](Cc2ccccc2)N(C)C(=O)[C@H](Cc2ccccc2)NC(=O)[C@H](C(C)C)N(C)C1=O. The van der Waals surface area contributed by atoms with Gasteiger partial charge in [0.1, 0.15) is 42.3 Å². The second-order valence-corrected chi connectivity index (χ2v) is 24.0. The van der Waals surface area contributed by atoms with E-state index < -0.39 is 131 Å². The molecule has 79 heavy (non-hydrogen) atoms. The van der Waals surface area contributed by atoms with Gasteiger partial charge in [0.05, 0.1) is 5.60 Å². The fourth-order valence-corrected chi connectivity index (χ4v) is 11.0. The minimum Gasteiger partial charge on any atom is -0.450 e. The van der Waals surface area contributed by atoms with Gasteiger partial charge in [0, 0.05) is 53.5 Å². The number of carbonyl (C=O) groups excluding carboxylic acids is 9. The molecule has 2 aromatic carbocycles. The van der Waals surface area contributed by atoms with Gasteiger partial charge in [-0.05, 0) is 80.8 Å². The van der Waals surface area contributed by atoms with Gasteiger partial charge in [-0.2, -0.15) is 0 Å². The van der Waals surface area contributed by atoms with E-state index in [4.69, 9.17) is 4.74 Å². The molecule has 0 saturated carbocycles. The largest absolute Gasteiger partial charge is 0.450 e. The van der Waals surface area contributed by atoms with E-state index in [1.165, 1.54) is 61.6 Å². The molecule has 2 saturated heterocycles. The van der Waals surface area contributed by atoms with Crippen molar-refractivity contribution in [1.82, 2.24) is 40.4 Å². The molecule has 0 radical (unpaired) electrons. The van der Waals surface area contributed by atoms with Crippen molar-refractivity contribution in [1.29, 1.82) is 0 Å². The minimum atomic E-state index is -1.97. The summed E-state index contributed by atoms with van der Waals surface area (Å²) in [6.45, 7) is 20.7. The van der Waals surface area contributed by atoms with Crippen molar-refractivity contribution in [2.75, 3.05) is 34.7 Å². The predicted octanol–water partition coefficient (Wildman–Crippen LogP) is 4.37. The van der Waals surface area contributed by atoms with E-state index in [0.29, 0.717) is 18.4 Å². The number of benzene rings is 2. The number of hydrogen-bond acceptors (Lipinski definition) is 11. The molecule has 4 rings (SSSR count). The normalized spacial score (nSPS) is 26.2. The predicted molar refractivity (Wildman–Crippen MR) is 301 cm³/mol. The fourth-order valence-electron chi connectivity index (χ4n) is 11.0. The number of carbonyl (C=O) groups is 9. The molecule has 0 bridgehead atoms. The summed E-state index contributed by atoms with van der Waals surface area (Å²) in [6, 6.07) is 8.12. The van der Waals surface area contributed by atoms with Gasteiger partial charge in [0.15, 0.2) is 12.1 Å². The number of nitrogens with zero attached hydrogens (tertiary/aromatic N) is 5. The Morgan fingerprint density at radius 2 is 1.00 bits per heavy atom. The summed E-state index contributed by atoms with van der Waals surface area (Å²) in [7, 11) is 5.67. The van der Waals surface area contributed by atoms with Gasteiger partial charge in [-0.3, -0.25) is 38.4 Å². The van der Waals surface area contributed by atoms with Gasteiger partial charge in [0.2, 0.25) is 41.4 Å². The van der Waals surface area contributed by atoms with Crippen molar-refractivity contribution in [3.8, 4) is 0 Å². The highest BCUT2D eigenvalue weighted by Gasteiger charge is 2.48.